The molecule has 12 aromatic carbocycles. The van der Waals surface area contributed by atoms with Gasteiger partial charge in [0.05, 0.1) is 50.3 Å². The summed E-state index contributed by atoms with van der Waals surface area (Å²) in [6, 6.07) is 54.8. The molecule has 394 valence electrons. The third-order valence-electron chi connectivity index (χ3n) is 17.5. The molecule has 0 aliphatic heterocycles. The lowest BCUT2D eigenvalue weighted by atomic mass is 9.77. The third kappa shape index (κ3) is 6.82. The van der Waals surface area contributed by atoms with E-state index in [2.05, 4.69) is 69.0 Å². The van der Waals surface area contributed by atoms with E-state index in [1.807, 2.05) is 114 Å². The fraction of sp³-hybridized carbons (Fsp3) is 0.0769. The molecular weight excluding hydrogens is 1010 g/mol. The van der Waals surface area contributed by atoms with Gasteiger partial charge < -0.3 is 23.1 Å². The monoisotopic (exact) mass is 1080 g/mol. The van der Waals surface area contributed by atoms with Crippen LogP contribution in [-0.4, -0.2) is 0 Å². The second-order valence-corrected chi connectivity index (χ2v) is 22.6. The van der Waals surface area contributed by atoms with Gasteiger partial charge in [0.25, 0.3) is 0 Å². The number of para-hydroxylation sites is 7. The summed E-state index contributed by atoms with van der Waals surface area (Å²) in [5.74, 6) is 0. The normalized spacial score (nSPS) is 15.8. The number of benzene rings is 12. The van der Waals surface area contributed by atoms with Gasteiger partial charge in [-0.3, -0.25) is 0 Å². The van der Waals surface area contributed by atoms with Crippen LogP contribution in [0.15, 0.2) is 268 Å². The minimum atomic E-state index is -0.699. The molecule has 0 fully saturated rings. The van der Waals surface area contributed by atoms with E-state index in [0.717, 1.165) is 82.5 Å². The Labute approximate surface area is 497 Å². The van der Waals surface area contributed by atoms with Crippen molar-refractivity contribution in [2.75, 3.05) is 9.80 Å². The van der Waals surface area contributed by atoms with Crippen molar-refractivity contribution in [3.8, 4) is 44.5 Å². The lowest BCUT2D eigenvalue weighted by molar-refractivity contribution is 0.638. The van der Waals surface area contributed by atoms with Crippen molar-refractivity contribution in [2.24, 2.45) is 0 Å². The molecule has 15 aromatic rings. The van der Waals surface area contributed by atoms with Gasteiger partial charge in [-0.25, -0.2) is 0 Å². The lowest BCUT2D eigenvalue weighted by Crippen LogP contribution is -2.20. The average Bonchev–Trinajstić information content (AvgIpc) is 1.53. The maximum absolute atomic E-state index is 9.35. The predicted octanol–water partition coefficient (Wildman–Crippen LogP) is 22.3. The van der Waals surface area contributed by atoms with Crippen LogP contribution in [-0.2, 0) is 10.8 Å². The second kappa shape index (κ2) is 17.6. The first-order valence-corrected chi connectivity index (χ1v) is 27.7. The van der Waals surface area contributed by atoms with Gasteiger partial charge in [-0.05, 0) is 117 Å². The quantitative estimate of drug-likeness (QED) is 0.152. The fourth-order valence-electron chi connectivity index (χ4n) is 13.6. The molecular formula is C78H54N2O3. The molecule has 0 spiro atoms. The fourth-order valence-corrected chi connectivity index (χ4v) is 13.6. The predicted molar refractivity (Wildman–Crippen MR) is 344 cm³/mol. The summed E-state index contributed by atoms with van der Waals surface area (Å²) in [5, 5.41) is 4.66. The molecule has 0 N–H and O–H groups in total. The van der Waals surface area contributed by atoms with Gasteiger partial charge in [0.1, 0.15) is 22.3 Å². The van der Waals surface area contributed by atoms with Crippen molar-refractivity contribution in [2.45, 2.75) is 38.5 Å². The van der Waals surface area contributed by atoms with Crippen molar-refractivity contribution in [1.29, 1.82) is 0 Å². The Bertz CT molecular complexity index is 5880. The molecule has 0 bridgehead atoms. The molecule has 5 nitrogen and oxygen atoms in total. The molecule has 0 amide bonds. The number of furan rings is 3. The van der Waals surface area contributed by atoms with Crippen LogP contribution in [0.4, 0.5) is 34.1 Å². The SMILES string of the molecule is [2H]c1c([2H])c([2H])c(-c2ccccc2N(c2ccc3c(c2)C(C)(C)c2cc4c(cc2-3)-c2c(cc(N(c3ccccc3-c3c([2H])c([2H])c([2H])c([2H])c3[2H])c3cccc5c3oc3c([2H])cccc35)c3c2oc2ccccc23)C4(C)C)c2cccc3c2oc2c([2H])cccc23)c([2H])c1[2H]. The molecule has 0 radical (unpaired) electrons. The molecule has 3 aromatic heterocycles. The molecule has 17 rings (SSSR count). The zero-order valence-electron chi connectivity index (χ0n) is 57.4. The van der Waals surface area contributed by atoms with E-state index in [1.165, 1.54) is 0 Å². The zero-order valence-corrected chi connectivity index (χ0v) is 45.4. The molecule has 83 heavy (non-hydrogen) atoms. The van der Waals surface area contributed by atoms with E-state index < -0.39 is 47.1 Å². The maximum atomic E-state index is 9.35. The summed E-state index contributed by atoms with van der Waals surface area (Å²) in [6.45, 7) is 8.91. The van der Waals surface area contributed by atoms with Crippen LogP contribution in [0, 0.1) is 0 Å². The molecule has 0 atom stereocenters. The van der Waals surface area contributed by atoms with Gasteiger partial charge in [0, 0.05) is 60.1 Å². The molecule has 3 heterocycles. The Kier molecular flexibility index (Phi) is 7.79. The molecule has 0 unspecified atom stereocenters. The number of hydrogen-bond acceptors (Lipinski definition) is 5. The highest BCUT2D eigenvalue weighted by molar-refractivity contribution is 6.21. The number of hydrogen-bond donors (Lipinski definition) is 0. The van der Waals surface area contributed by atoms with Crippen molar-refractivity contribution >= 4 is 99.9 Å². The van der Waals surface area contributed by atoms with Gasteiger partial charge in [0.15, 0.2) is 11.2 Å². The Morgan fingerprint density at radius 1 is 0.325 bits per heavy atom. The highest BCUT2D eigenvalue weighted by atomic mass is 16.3. The standard InChI is InChI=1S/C78H54N2O3/c1-77(2)60-43-49(79(64-34-16-11-27-50(64)47-23-7-5-8-24-47)66-36-21-32-55-53-29-13-18-38-69(53)81-74(55)66)41-42-52(60)58-44-59-62(45-61(58)77)78(3,4)63-46-68(73-57-31-15-20-40-71(57)83-76(73)72(59)63)80(65-35-17-12-28-51(65)48-25-9-6-10-26-48)67-37-22-33-56-54-30-14-19-39-70(54)82-75(56)67/h5-46H,1-4H3/i5D,6D,7D,8D,9D,10D,23D,24D,25D,26D,38D,39D. The van der Waals surface area contributed by atoms with Gasteiger partial charge in [-0.15, -0.1) is 0 Å². The summed E-state index contributed by atoms with van der Waals surface area (Å²) in [5.41, 5.74) is 14.4. The van der Waals surface area contributed by atoms with E-state index in [9.17, 15) is 5.48 Å². The van der Waals surface area contributed by atoms with Crippen LogP contribution in [0.1, 0.15) is 66.4 Å². The Morgan fingerprint density at radius 2 is 0.819 bits per heavy atom. The van der Waals surface area contributed by atoms with E-state index in [1.54, 1.807) is 36.4 Å². The van der Waals surface area contributed by atoms with Gasteiger partial charge in [-0.2, -0.15) is 0 Å². The van der Waals surface area contributed by atoms with Gasteiger partial charge in [0.2, 0.25) is 0 Å². The summed E-state index contributed by atoms with van der Waals surface area (Å²) >= 11 is 0. The van der Waals surface area contributed by atoms with Crippen molar-refractivity contribution in [1.82, 2.24) is 0 Å². The molecule has 0 saturated heterocycles. The Balaban J connectivity index is 0.897. The first-order chi connectivity index (χ1) is 45.7. The largest absolute Gasteiger partial charge is 0.455 e. The number of nitrogens with zero attached hydrogens (tertiary/aromatic N) is 2. The minimum Gasteiger partial charge on any atom is -0.455 e. The van der Waals surface area contributed by atoms with Crippen molar-refractivity contribution in [3.05, 3.63) is 277 Å². The lowest BCUT2D eigenvalue weighted by Gasteiger charge is -2.31. The molecule has 2 aliphatic rings. The highest BCUT2D eigenvalue weighted by Crippen LogP contribution is 2.61. The summed E-state index contributed by atoms with van der Waals surface area (Å²) in [4.78, 5) is 4.10. The van der Waals surface area contributed by atoms with E-state index in [-0.39, 0.29) is 47.4 Å². The van der Waals surface area contributed by atoms with Crippen LogP contribution in [0.3, 0.4) is 0 Å². The van der Waals surface area contributed by atoms with Crippen molar-refractivity contribution < 1.29 is 29.7 Å². The Morgan fingerprint density at radius 3 is 1.47 bits per heavy atom. The van der Waals surface area contributed by atoms with Crippen LogP contribution in [0.2, 0.25) is 0 Å². The number of anilines is 6. The first-order valence-electron chi connectivity index (χ1n) is 33.7. The Hall–Kier alpha value is -10.4. The highest BCUT2D eigenvalue weighted by Gasteiger charge is 2.45. The minimum absolute atomic E-state index is 0.0337. The van der Waals surface area contributed by atoms with Crippen molar-refractivity contribution in [3.63, 3.8) is 0 Å². The smallest absolute Gasteiger partial charge is 0.159 e. The third-order valence-corrected chi connectivity index (χ3v) is 17.5. The van der Waals surface area contributed by atoms with Crippen LogP contribution in [0.5, 0.6) is 0 Å². The van der Waals surface area contributed by atoms with E-state index in [0.29, 0.717) is 73.1 Å². The summed E-state index contributed by atoms with van der Waals surface area (Å²) in [7, 11) is 0. The summed E-state index contributed by atoms with van der Waals surface area (Å²) in [6.07, 6.45) is 0. The zero-order chi connectivity index (χ0) is 65.7. The topological polar surface area (TPSA) is 45.9 Å². The van der Waals surface area contributed by atoms with Gasteiger partial charge in [-0.1, -0.05) is 216 Å². The second-order valence-electron chi connectivity index (χ2n) is 22.6. The molecule has 5 heteroatoms. The number of rotatable bonds is 8. The van der Waals surface area contributed by atoms with E-state index >= 15 is 0 Å². The molecule has 2 aliphatic carbocycles. The average molecular weight is 1080 g/mol. The summed E-state index contributed by atoms with van der Waals surface area (Å²) < 4.78 is 128. The van der Waals surface area contributed by atoms with Crippen LogP contribution >= 0.6 is 0 Å². The van der Waals surface area contributed by atoms with Crippen LogP contribution in [0.25, 0.3) is 110 Å². The number of fused-ring (bicyclic) bond motifs is 16. The first kappa shape index (κ1) is 36.8. The molecule has 0 saturated carbocycles. The van der Waals surface area contributed by atoms with Gasteiger partial charge >= 0.3 is 0 Å². The maximum Gasteiger partial charge on any atom is 0.159 e. The van der Waals surface area contributed by atoms with E-state index in [4.69, 9.17) is 24.2 Å². The van der Waals surface area contributed by atoms with Crippen LogP contribution < -0.4 is 9.80 Å².